The first-order chi connectivity index (χ1) is 45.6. The van der Waals surface area contributed by atoms with Crippen LogP contribution in [-0.4, -0.2) is 82.3 Å². The number of hydrogen-bond donors (Lipinski definition) is 0. The van der Waals surface area contributed by atoms with Crippen molar-refractivity contribution in [2.45, 2.75) is 450 Å². The third-order valence-electron chi connectivity index (χ3n) is 19.2. The highest BCUT2D eigenvalue weighted by Gasteiger charge is 2.22. The van der Waals surface area contributed by atoms with Crippen LogP contribution in [-0.2, 0) is 33.3 Å². The molecule has 2 unspecified atom stereocenters. The number of ether oxygens (including phenoxy) is 4. The summed E-state index contributed by atoms with van der Waals surface area (Å²) in [4.78, 5) is 37.6. The lowest BCUT2D eigenvalue weighted by atomic mass is 10.0. The molecule has 0 aliphatic heterocycles. The van der Waals surface area contributed by atoms with Gasteiger partial charge in [0.15, 0.2) is 12.4 Å². The van der Waals surface area contributed by atoms with E-state index in [1.807, 2.05) is 21.1 Å². The Labute approximate surface area is 579 Å². The number of quaternary nitrogens is 1. The zero-order chi connectivity index (χ0) is 67.5. The largest absolute Gasteiger partial charge is 0.545 e. The number of allylic oxidation sites excluding steroid dienone is 4. The summed E-state index contributed by atoms with van der Waals surface area (Å²) in [7, 11) is 5.95. The van der Waals surface area contributed by atoms with Crippen molar-refractivity contribution in [3.63, 3.8) is 0 Å². The van der Waals surface area contributed by atoms with Crippen molar-refractivity contribution in [2.24, 2.45) is 0 Å². The smallest absolute Gasteiger partial charge is 0.306 e. The standard InChI is InChI=1S/C84H161NO8/c1-6-8-10-12-14-16-18-20-22-24-26-28-30-32-34-35-36-37-38-39-40-41-42-43-44-45-46-47-49-50-52-54-56-58-60-62-64-66-68-70-72-74-81(86)91-78-80(79-92-84(83(88)89)90-77-76-85(3,4)5)93-82(87)75-73-71-69-67-65-63-61-59-57-55-53-51-48-33-31-29-27-25-23-21-19-17-15-13-11-9-7-2/h19,21,25,27,80,84H,6-18,20,22-24,26,28-79H2,1-5H3/b21-19-,27-25-. The molecule has 0 aromatic carbocycles. The molecule has 0 aliphatic carbocycles. The minimum absolute atomic E-state index is 0.151. The zero-order valence-corrected chi connectivity index (χ0v) is 63.2. The Morgan fingerprint density at radius 1 is 0.323 bits per heavy atom. The number of rotatable bonds is 79. The summed E-state index contributed by atoms with van der Waals surface area (Å²) in [6.45, 7) is 4.82. The number of likely N-dealkylation sites (N-methyl/N-ethyl adjacent to an activating group) is 1. The van der Waals surface area contributed by atoms with E-state index in [-0.39, 0.29) is 32.2 Å². The highest BCUT2D eigenvalue weighted by atomic mass is 16.7. The maximum atomic E-state index is 13.0. The highest BCUT2D eigenvalue weighted by Crippen LogP contribution is 2.21. The van der Waals surface area contributed by atoms with Gasteiger partial charge in [-0.25, -0.2) is 0 Å². The number of carboxylic acid groups (broad SMARTS) is 1. The first-order valence-electron chi connectivity index (χ1n) is 41.5. The molecule has 550 valence electrons. The molecule has 0 rings (SSSR count). The van der Waals surface area contributed by atoms with Gasteiger partial charge in [-0.05, 0) is 44.9 Å². The van der Waals surface area contributed by atoms with Crippen LogP contribution in [0, 0.1) is 0 Å². The summed E-state index contributed by atoms with van der Waals surface area (Å²) >= 11 is 0. The van der Waals surface area contributed by atoms with Crippen LogP contribution in [0.15, 0.2) is 24.3 Å². The van der Waals surface area contributed by atoms with Crippen LogP contribution in [0.1, 0.15) is 438 Å². The van der Waals surface area contributed by atoms with E-state index in [1.54, 1.807) is 0 Å². The lowest BCUT2D eigenvalue weighted by molar-refractivity contribution is -0.870. The Balaban J connectivity index is 3.90. The van der Waals surface area contributed by atoms with Crippen LogP contribution in [0.25, 0.3) is 0 Å². The van der Waals surface area contributed by atoms with Crippen LogP contribution in [0.5, 0.6) is 0 Å². The van der Waals surface area contributed by atoms with E-state index in [1.165, 1.54) is 366 Å². The van der Waals surface area contributed by atoms with Crippen LogP contribution < -0.4 is 5.11 Å². The number of carbonyl (C=O) groups is 3. The second-order valence-electron chi connectivity index (χ2n) is 29.8. The lowest BCUT2D eigenvalue weighted by Gasteiger charge is -2.26. The van der Waals surface area contributed by atoms with Crippen molar-refractivity contribution in [2.75, 3.05) is 47.5 Å². The number of carboxylic acids is 1. The van der Waals surface area contributed by atoms with Gasteiger partial charge in [0.05, 0.1) is 40.3 Å². The molecule has 0 saturated carbocycles. The van der Waals surface area contributed by atoms with Crippen LogP contribution in [0.2, 0.25) is 0 Å². The molecular formula is C84H161NO8. The molecule has 0 saturated heterocycles. The highest BCUT2D eigenvalue weighted by molar-refractivity contribution is 5.70. The summed E-state index contributed by atoms with van der Waals surface area (Å²) < 4.78 is 22.9. The topological polar surface area (TPSA) is 111 Å². The molecule has 0 spiro atoms. The molecule has 0 heterocycles. The summed E-state index contributed by atoms with van der Waals surface area (Å²) in [6.07, 6.45) is 93.3. The predicted octanol–water partition coefficient (Wildman–Crippen LogP) is 25.2. The molecule has 0 fully saturated rings. The minimum Gasteiger partial charge on any atom is -0.545 e. The van der Waals surface area contributed by atoms with Gasteiger partial charge in [0.2, 0.25) is 0 Å². The van der Waals surface area contributed by atoms with Crippen molar-refractivity contribution >= 4 is 17.9 Å². The first-order valence-corrected chi connectivity index (χ1v) is 41.5. The molecule has 0 radical (unpaired) electrons. The number of hydrogen-bond acceptors (Lipinski definition) is 8. The molecule has 0 amide bonds. The molecule has 9 nitrogen and oxygen atoms in total. The SMILES string of the molecule is CCCCCCC/C=C\C/C=C\CCCCCCCCCCCCCCCCCC(=O)OC(COC(=O)CCCCCCCCCCCCCCCCCCCCCCCCCCCCCCCCCCCCCCCCCCC)COC(OCC[N+](C)(C)C)C(=O)[O-]. The molecule has 0 aromatic heterocycles. The van der Waals surface area contributed by atoms with Crippen molar-refractivity contribution in [3.05, 3.63) is 24.3 Å². The van der Waals surface area contributed by atoms with Gasteiger partial charge in [0, 0.05) is 12.8 Å². The van der Waals surface area contributed by atoms with Gasteiger partial charge in [0.1, 0.15) is 13.2 Å². The quantitative estimate of drug-likeness (QED) is 0.0195. The number of esters is 2. The van der Waals surface area contributed by atoms with Gasteiger partial charge in [-0.1, -0.05) is 404 Å². The van der Waals surface area contributed by atoms with Gasteiger partial charge < -0.3 is 33.3 Å². The lowest BCUT2D eigenvalue weighted by Crippen LogP contribution is -2.44. The normalized spacial score (nSPS) is 12.7. The van der Waals surface area contributed by atoms with Crippen molar-refractivity contribution in [3.8, 4) is 0 Å². The summed E-state index contributed by atoms with van der Waals surface area (Å²) in [5.74, 6) is -2.25. The Bertz CT molecular complexity index is 1580. The Morgan fingerprint density at radius 2 is 0.581 bits per heavy atom. The summed E-state index contributed by atoms with van der Waals surface area (Å²) in [6, 6.07) is 0. The molecule has 9 heteroatoms. The van der Waals surface area contributed by atoms with E-state index in [2.05, 4.69) is 38.2 Å². The van der Waals surface area contributed by atoms with Crippen LogP contribution >= 0.6 is 0 Å². The number of nitrogens with zero attached hydrogens (tertiary/aromatic N) is 1. The van der Waals surface area contributed by atoms with E-state index >= 15 is 0 Å². The molecular weight excluding hydrogens is 1150 g/mol. The molecule has 0 N–H and O–H groups in total. The fourth-order valence-corrected chi connectivity index (χ4v) is 12.9. The molecule has 0 aliphatic rings. The second-order valence-corrected chi connectivity index (χ2v) is 29.8. The predicted molar refractivity (Wildman–Crippen MR) is 399 cm³/mol. The van der Waals surface area contributed by atoms with Crippen molar-refractivity contribution in [1.29, 1.82) is 0 Å². The number of unbranched alkanes of at least 4 members (excludes halogenated alkanes) is 60. The number of aliphatic carboxylic acids is 1. The van der Waals surface area contributed by atoms with E-state index in [0.29, 0.717) is 17.4 Å². The Morgan fingerprint density at radius 3 is 0.849 bits per heavy atom. The van der Waals surface area contributed by atoms with E-state index in [9.17, 15) is 19.5 Å². The number of carbonyl (C=O) groups excluding carboxylic acids is 3. The average molecular weight is 1310 g/mol. The second kappa shape index (κ2) is 75.5. The Hall–Kier alpha value is -2.23. The van der Waals surface area contributed by atoms with Crippen LogP contribution in [0.3, 0.4) is 0 Å². The third-order valence-corrected chi connectivity index (χ3v) is 19.2. The fourth-order valence-electron chi connectivity index (χ4n) is 12.9. The zero-order valence-electron chi connectivity index (χ0n) is 63.2. The maximum absolute atomic E-state index is 13.0. The van der Waals surface area contributed by atoms with Crippen molar-refractivity contribution in [1.82, 2.24) is 0 Å². The fraction of sp³-hybridized carbons (Fsp3) is 0.917. The maximum Gasteiger partial charge on any atom is 0.306 e. The van der Waals surface area contributed by atoms with Gasteiger partial charge in [-0.2, -0.15) is 0 Å². The minimum atomic E-state index is -1.62. The third kappa shape index (κ3) is 77.0. The molecule has 0 bridgehead atoms. The van der Waals surface area contributed by atoms with E-state index < -0.39 is 24.3 Å². The van der Waals surface area contributed by atoms with Gasteiger partial charge >= 0.3 is 11.9 Å². The van der Waals surface area contributed by atoms with Gasteiger partial charge in [-0.3, -0.25) is 9.59 Å². The van der Waals surface area contributed by atoms with E-state index in [0.717, 1.165) is 44.9 Å². The summed E-state index contributed by atoms with van der Waals surface area (Å²) in [5.41, 5.74) is 0. The molecule has 93 heavy (non-hydrogen) atoms. The molecule has 2 atom stereocenters. The first kappa shape index (κ1) is 90.8. The van der Waals surface area contributed by atoms with E-state index in [4.69, 9.17) is 18.9 Å². The summed E-state index contributed by atoms with van der Waals surface area (Å²) in [5, 5.41) is 11.9. The molecule has 0 aromatic rings. The van der Waals surface area contributed by atoms with Crippen LogP contribution in [0.4, 0.5) is 0 Å². The van der Waals surface area contributed by atoms with Gasteiger partial charge in [0.25, 0.3) is 0 Å². The average Bonchev–Trinajstić information content (AvgIpc) is 3.38. The van der Waals surface area contributed by atoms with Gasteiger partial charge in [-0.15, -0.1) is 0 Å². The van der Waals surface area contributed by atoms with Crippen molar-refractivity contribution < 1.29 is 42.9 Å². The Kier molecular flexibility index (Phi) is 73.7. The monoisotopic (exact) mass is 1310 g/mol.